The van der Waals surface area contributed by atoms with Crippen molar-refractivity contribution in [3.8, 4) is 0 Å². The summed E-state index contributed by atoms with van der Waals surface area (Å²) < 4.78 is 5.57. The molecule has 0 fully saturated rings. The number of aryl methyl sites for hydroxylation is 3. The molecule has 2 heteroatoms. The standard InChI is InChI=1S/C16H21NO/c1-5-17-16(15-7-6-8-18-15)14-10-12(3)11(2)9-13(14)4/h6-10,16-17H,5H2,1-4H3. The molecule has 2 rings (SSSR count). The van der Waals surface area contributed by atoms with Crippen LogP contribution in [0.5, 0.6) is 0 Å². The second-order valence-electron chi connectivity index (χ2n) is 4.80. The lowest BCUT2D eigenvalue weighted by Crippen LogP contribution is -2.22. The van der Waals surface area contributed by atoms with Crippen molar-refractivity contribution in [3.05, 3.63) is 58.5 Å². The Bertz CT molecular complexity index is 514. The van der Waals surface area contributed by atoms with Gasteiger partial charge in [0.2, 0.25) is 0 Å². The van der Waals surface area contributed by atoms with Gasteiger partial charge in [-0.2, -0.15) is 0 Å². The quantitative estimate of drug-likeness (QED) is 0.881. The maximum atomic E-state index is 5.57. The van der Waals surface area contributed by atoms with Crippen molar-refractivity contribution in [1.29, 1.82) is 0 Å². The van der Waals surface area contributed by atoms with E-state index in [0.29, 0.717) is 0 Å². The van der Waals surface area contributed by atoms with Gasteiger partial charge in [0.15, 0.2) is 0 Å². The summed E-state index contributed by atoms with van der Waals surface area (Å²) in [5, 5.41) is 3.50. The average Bonchev–Trinajstić information content (AvgIpc) is 2.85. The molecule has 1 unspecified atom stereocenters. The van der Waals surface area contributed by atoms with Gasteiger partial charge in [-0.1, -0.05) is 19.1 Å². The zero-order chi connectivity index (χ0) is 13.1. The second-order valence-corrected chi connectivity index (χ2v) is 4.80. The maximum absolute atomic E-state index is 5.57. The molecule has 96 valence electrons. The number of furan rings is 1. The normalized spacial score (nSPS) is 12.7. The predicted molar refractivity (Wildman–Crippen MR) is 74.9 cm³/mol. The highest BCUT2D eigenvalue weighted by molar-refractivity contribution is 5.40. The van der Waals surface area contributed by atoms with Gasteiger partial charge in [0.05, 0.1) is 12.3 Å². The van der Waals surface area contributed by atoms with E-state index in [1.54, 1.807) is 6.26 Å². The fraction of sp³-hybridized carbons (Fsp3) is 0.375. The van der Waals surface area contributed by atoms with Crippen molar-refractivity contribution in [2.45, 2.75) is 33.7 Å². The molecule has 2 aromatic rings. The van der Waals surface area contributed by atoms with Gasteiger partial charge in [-0.15, -0.1) is 0 Å². The summed E-state index contributed by atoms with van der Waals surface area (Å²) in [5.74, 6) is 0.975. The number of hydrogen-bond acceptors (Lipinski definition) is 2. The van der Waals surface area contributed by atoms with Crippen LogP contribution in [0, 0.1) is 20.8 Å². The Morgan fingerprint density at radius 1 is 1.11 bits per heavy atom. The molecule has 1 aromatic carbocycles. The summed E-state index contributed by atoms with van der Waals surface area (Å²) >= 11 is 0. The van der Waals surface area contributed by atoms with Crippen molar-refractivity contribution in [3.63, 3.8) is 0 Å². The maximum Gasteiger partial charge on any atom is 0.125 e. The minimum absolute atomic E-state index is 0.143. The van der Waals surface area contributed by atoms with Gasteiger partial charge in [0.25, 0.3) is 0 Å². The monoisotopic (exact) mass is 243 g/mol. The highest BCUT2D eigenvalue weighted by atomic mass is 16.3. The van der Waals surface area contributed by atoms with E-state index >= 15 is 0 Å². The average molecular weight is 243 g/mol. The molecule has 0 aliphatic heterocycles. The largest absolute Gasteiger partial charge is 0.467 e. The minimum atomic E-state index is 0.143. The molecule has 18 heavy (non-hydrogen) atoms. The zero-order valence-electron chi connectivity index (χ0n) is 11.6. The number of hydrogen-bond donors (Lipinski definition) is 1. The highest BCUT2D eigenvalue weighted by Gasteiger charge is 2.18. The molecule has 0 aliphatic carbocycles. The van der Waals surface area contributed by atoms with Crippen LogP contribution < -0.4 is 5.32 Å². The van der Waals surface area contributed by atoms with Crippen molar-refractivity contribution in [2.75, 3.05) is 6.54 Å². The first-order chi connectivity index (χ1) is 8.63. The van der Waals surface area contributed by atoms with Gasteiger partial charge in [0, 0.05) is 0 Å². The van der Waals surface area contributed by atoms with Crippen LogP contribution in [0.15, 0.2) is 34.9 Å². The van der Waals surface area contributed by atoms with Crippen LogP contribution in [0.2, 0.25) is 0 Å². The molecule has 0 radical (unpaired) electrons. The summed E-state index contributed by atoms with van der Waals surface area (Å²) in [4.78, 5) is 0. The molecule has 0 spiro atoms. The molecule has 0 aliphatic rings. The first-order valence-corrected chi connectivity index (χ1v) is 6.48. The Morgan fingerprint density at radius 2 is 1.83 bits per heavy atom. The molecule has 0 amide bonds. The molecule has 0 saturated carbocycles. The van der Waals surface area contributed by atoms with Gasteiger partial charge in [-0.25, -0.2) is 0 Å². The lowest BCUT2D eigenvalue weighted by Gasteiger charge is -2.19. The first kappa shape index (κ1) is 12.9. The van der Waals surface area contributed by atoms with E-state index in [-0.39, 0.29) is 6.04 Å². The van der Waals surface area contributed by atoms with Gasteiger partial charge in [-0.3, -0.25) is 0 Å². The van der Waals surface area contributed by atoms with E-state index in [9.17, 15) is 0 Å². The molecule has 0 saturated heterocycles. The molecule has 1 N–H and O–H groups in total. The van der Waals surface area contributed by atoms with Crippen molar-refractivity contribution in [1.82, 2.24) is 5.32 Å². The van der Waals surface area contributed by atoms with Crippen molar-refractivity contribution >= 4 is 0 Å². The molecule has 2 nitrogen and oxygen atoms in total. The van der Waals surface area contributed by atoms with Gasteiger partial charge >= 0.3 is 0 Å². The van der Waals surface area contributed by atoms with Crippen molar-refractivity contribution in [2.24, 2.45) is 0 Å². The third-order valence-corrected chi connectivity index (χ3v) is 3.43. The molecule has 0 bridgehead atoms. The Hall–Kier alpha value is -1.54. The number of nitrogens with one attached hydrogen (secondary N) is 1. The molecular formula is C16H21NO. The Labute approximate surface area is 109 Å². The first-order valence-electron chi connectivity index (χ1n) is 6.48. The lowest BCUT2D eigenvalue weighted by molar-refractivity contribution is 0.451. The van der Waals surface area contributed by atoms with E-state index < -0.39 is 0 Å². The lowest BCUT2D eigenvalue weighted by atomic mass is 9.94. The third kappa shape index (κ3) is 2.49. The molecule has 1 aromatic heterocycles. The zero-order valence-corrected chi connectivity index (χ0v) is 11.6. The van der Waals surface area contributed by atoms with Crippen molar-refractivity contribution < 1.29 is 4.42 Å². The van der Waals surface area contributed by atoms with E-state index in [0.717, 1.165) is 12.3 Å². The minimum Gasteiger partial charge on any atom is -0.467 e. The van der Waals surface area contributed by atoms with Gasteiger partial charge < -0.3 is 9.73 Å². The Kier molecular flexibility index (Phi) is 3.87. The fourth-order valence-electron chi connectivity index (χ4n) is 2.32. The summed E-state index contributed by atoms with van der Waals surface area (Å²) in [6, 6.07) is 8.63. The molecule has 1 atom stereocenters. The predicted octanol–water partition coefficient (Wildman–Crippen LogP) is 3.90. The second kappa shape index (κ2) is 5.40. The smallest absolute Gasteiger partial charge is 0.125 e. The van der Waals surface area contributed by atoms with E-state index in [1.165, 1.54) is 22.3 Å². The van der Waals surface area contributed by atoms with Crippen LogP contribution in [0.3, 0.4) is 0 Å². The van der Waals surface area contributed by atoms with Crippen LogP contribution in [0.4, 0.5) is 0 Å². The van der Waals surface area contributed by atoms with E-state index in [1.807, 2.05) is 12.1 Å². The summed E-state index contributed by atoms with van der Waals surface area (Å²) in [7, 11) is 0. The van der Waals surface area contributed by atoms with E-state index in [4.69, 9.17) is 4.42 Å². The van der Waals surface area contributed by atoms with Crippen LogP contribution in [-0.2, 0) is 0 Å². The molecular weight excluding hydrogens is 222 g/mol. The fourth-order valence-corrected chi connectivity index (χ4v) is 2.32. The number of benzene rings is 1. The van der Waals surface area contributed by atoms with Crippen LogP contribution in [-0.4, -0.2) is 6.54 Å². The summed E-state index contributed by atoms with van der Waals surface area (Å²) in [6.45, 7) is 9.50. The van der Waals surface area contributed by atoms with Crippen LogP contribution >= 0.6 is 0 Å². The Morgan fingerprint density at radius 3 is 2.44 bits per heavy atom. The van der Waals surface area contributed by atoms with Crippen LogP contribution in [0.25, 0.3) is 0 Å². The van der Waals surface area contributed by atoms with Gasteiger partial charge in [-0.05, 0) is 61.7 Å². The topological polar surface area (TPSA) is 25.2 Å². The molecule has 1 heterocycles. The third-order valence-electron chi connectivity index (χ3n) is 3.43. The number of rotatable bonds is 4. The van der Waals surface area contributed by atoms with Crippen LogP contribution in [0.1, 0.15) is 41.0 Å². The highest BCUT2D eigenvalue weighted by Crippen LogP contribution is 2.27. The SMILES string of the molecule is CCNC(c1ccco1)c1cc(C)c(C)cc1C. The summed E-state index contributed by atoms with van der Waals surface area (Å²) in [6.07, 6.45) is 1.73. The summed E-state index contributed by atoms with van der Waals surface area (Å²) in [5.41, 5.74) is 5.27. The Balaban J connectivity index is 2.46. The van der Waals surface area contributed by atoms with E-state index in [2.05, 4.69) is 45.1 Å². The van der Waals surface area contributed by atoms with Gasteiger partial charge in [0.1, 0.15) is 5.76 Å².